The summed E-state index contributed by atoms with van der Waals surface area (Å²) in [5.41, 5.74) is 4.43. The minimum atomic E-state index is 0.142. The van der Waals surface area contributed by atoms with Crippen LogP contribution < -0.4 is 4.74 Å². The number of amides is 1. The van der Waals surface area contributed by atoms with Crippen LogP contribution in [0, 0.1) is 0 Å². The van der Waals surface area contributed by atoms with E-state index in [1.165, 1.54) is 11.1 Å². The second kappa shape index (κ2) is 5.13. The highest BCUT2D eigenvalue weighted by atomic mass is 79.9. The Kier molecular flexibility index (Phi) is 3.22. The first-order valence-corrected chi connectivity index (χ1v) is 8.23. The van der Waals surface area contributed by atoms with Gasteiger partial charge in [-0.15, -0.1) is 0 Å². The summed E-state index contributed by atoms with van der Waals surface area (Å²) in [6, 6.07) is 12.2. The Morgan fingerprint density at radius 2 is 2.14 bits per heavy atom. The highest BCUT2D eigenvalue weighted by Gasteiger charge is 2.37. The summed E-state index contributed by atoms with van der Waals surface area (Å²) in [6.45, 7) is 0.689. The summed E-state index contributed by atoms with van der Waals surface area (Å²) >= 11 is 3.49. The Balaban J connectivity index is 1.71. The molecule has 4 rings (SSSR count). The van der Waals surface area contributed by atoms with Crippen LogP contribution in [0.2, 0.25) is 0 Å². The SMILES string of the molecule is COc1cccc2c1CC[C@H]2N1Cc2cc(Br)ccc2C1=O. The van der Waals surface area contributed by atoms with Crippen molar-refractivity contribution in [2.45, 2.75) is 25.4 Å². The molecule has 1 aliphatic carbocycles. The number of nitrogens with zero attached hydrogens (tertiary/aromatic N) is 1. The molecular weight excluding hydrogens is 342 g/mol. The summed E-state index contributed by atoms with van der Waals surface area (Å²) in [4.78, 5) is 14.7. The Morgan fingerprint density at radius 1 is 1.27 bits per heavy atom. The maximum Gasteiger partial charge on any atom is 0.255 e. The van der Waals surface area contributed by atoms with Crippen molar-refractivity contribution in [2.75, 3.05) is 7.11 Å². The molecule has 0 bridgehead atoms. The molecule has 2 aliphatic rings. The fourth-order valence-corrected chi connectivity index (χ4v) is 4.09. The van der Waals surface area contributed by atoms with Crippen LogP contribution in [0.3, 0.4) is 0 Å². The minimum Gasteiger partial charge on any atom is -0.496 e. The van der Waals surface area contributed by atoms with E-state index < -0.39 is 0 Å². The van der Waals surface area contributed by atoms with Crippen molar-refractivity contribution in [2.24, 2.45) is 0 Å². The highest BCUT2D eigenvalue weighted by molar-refractivity contribution is 9.10. The zero-order valence-corrected chi connectivity index (χ0v) is 13.9. The smallest absolute Gasteiger partial charge is 0.255 e. The van der Waals surface area contributed by atoms with Crippen molar-refractivity contribution in [3.05, 3.63) is 63.1 Å². The van der Waals surface area contributed by atoms with Gasteiger partial charge in [0.25, 0.3) is 5.91 Å². The number of methoxy groups -OCH3 is 1. The zero-order chi connectivity index (χ0) is 15.3. The van der Waals surface area contributed by atoms with Crippen LogP contribution in [0.1, 0.15) is 39.5 Å². The Bertz CT molecular complexity index is 772. The molecule has 0 spiro atoms. The maximum atomic E-state index is 12.7. The molecule has 0 saturated heterocycles. The van der Waals surface area contributed by atoms with Crippen molar-refractivity contribution in [1.29, 1.82) is 0 Å². The van der Waals surface area contributed by atoms with Crippen molar-refractivity contribution in [1.82, 2.24) is 4.90 Å². The molecule has 1 aliphatic heterocycles. The van der Waals surface area contributed by atoms with Crippen LogP contribution in [0.4, 0.5) is 0 Å². The monoisotopic (exact) mass is 357 g/mol. The van der Waals surface area contributed by atoms with E-state index in [1.54, 1.807) is 7.11 Å². The molecule has 22 heavy (non-hydrogen) atoms. The first kappa shape index (κ1) is 13.8. The average molecular weight is 358 g/mol. The van der Waals surface area contributed by atoms with Crippen LogP contribution in [-0.2, 0) is 13.0 Å². The van der Waals surface area contributed by atoms with Gasteiger partial charge in [0.15, 0.2) is 0 Å². The number of benzene rings is 2. The Hall–Kier alpha value is -1.81. The predicted octanol–water partition coefficient (Wildman–Crippen LogP) is 4.10. The second-order valence-corrected chi connectivity index (χ2v) is 6.73. The van der Waals surface area contributed by atoms with Gasteiger partial charge in [0.1, 0.15) is 5.75 Å². The molecule has 0 saturated carbocycles. The van der Waals surface area contributed by atoms with Gasteiger partial charge in [0, 0.05) is 16.6 Å². The molecule has 2 aromatic carbocycles. The highest BCUT2D eigenvalue weighted by Crippen LogP contribution is 2.43. The zero-order valence-electron chi connectivity index (χ0n) is 12.3. The molecule has 1 heterocycles. The van der Waals surface area contributed by atoms with E-state index in [0.717, 1.165) is 34.2 Å². The lowest BCUT2D eigenvalue weighted by molar-refractivity contribution is 0.0701. The molecule has 0 N–H and O–H groups in total. The van der Waals surface area contributed by atoms with Crippen molar-refractivity contribution in [3.63, 3.8) is 0 Å². The first-order valence-electron chi connectivity index (χ1n) is 7.44. The summed E-state index contributed by atoms with van der Waals surface area (Å²) < 4.78 is 6.49. The molecule has 0 radical (unpaired) electrons. The van der Waals surface area contributed by atoms with E-state index in [4.69, 9.17) is 4.74 Å². The van der Waals surface area contributed by atoms with Gasteiger partial charge >= 0.3 is 0 Å². The molecule has 0 aromatic heterocycles. The number of fused-ring (bicyclic) bond motifs is 2. The molecular formula is C18H16BrNO2. The fraction of sp³-hybridized carbons (Fsp3) is 0.278. The lowest BCUT2D eigenvalue weighted by Gasteiger charge is -2.25. The van der Waals surface area contributed by atoms with Gasteiger partial charge in [0.2, 0.25) is 0 Å². The molecule has 2 aromatic rings. The van der Waals surface area contributed by atoms with Crippen LogP contribution in [0.15, 0.2) is 40.9 Å². The van der Waals surface area contributed by atoms with E-state index in [2.05, 4.69) is 28.1 Å². The third kappa shape index (κ3) is 1.97. The van der Waals surface area contributed by atoms with Gasteiger partial charge in [-0.05, 0) is 53.8 Å². The lowest BCUT2D eigenvalue weighted by atomic mass is 10.1. The number of hydrogen-bond donors (Lipinski definition) is 0. The van der Waals surface area contributed by atoms with Gasteiger partial charge in [-0.2, -0.15) is 0 Å². The van der Waals surface area contributed by atoms with Crippen LogP contribution >= 0.6 is 15.9 Å². The van der Waals surface area contributed by atoms with E-state index in [-0.39, 0.29) is 11.9 Å². The molecule has 3 nitrogen and oxygen atoms in total. The van der Waals surface area contributed by atoms with Crippen LogP contribution in [-0.4, -0.2) is 17.9 Å². The molecule has 0 unspecified atom stereocenters. The summed E-state index contributed by atoms with van der Waals surface area (Å²) in [5.74, 6) is 1.08. The summed E-state index contributed by atoms with van der Waals surface area (Å²) in [6.07, 6.45) is 1.93. The van der Waals surface area contributed by atoms with E-state index in [9.17, 15) is 4.79 Å². The Labute approximate surface area is 138 Å². The number of carbonyl (C=O) groups is 1. The van der Waals surface area contributed by atoms with Crippen LogP contribution in [0.25, 0.3) is 0 Å². The largest absolute Gasteiger partial charge is 0.496 e. The van der Waals surface area contributed by atoms with Crippen molar-refractivity contribution < 1.29 is 9.53 Å². The standard InChI is InChI=1S/C18H16BrNO2/c1-22-17-4-2-3-14-15(17)7-8-16(14)20-10-11-9-12(19)5-6-13(11)18(20)21/h2-6,9,16H,7-8,10H2,1H3/t16-/m1/s1. The molecule has 1 amide bonds. The van der Waals surface area contributed by atoms with E-state index in [0.29, 0.717) is 6.54 Å². The summed E-state index contributed by atoms with van der Waals surface area (Å²) in [5, 5.41) is 0. The van der Waals surface area contributed by atoms with Gasteiger partial charge in [-0.25, -0.2) is 0 Å². The first-order chi connectivity index (χ1) is 10.7. The molecule has 1 atom stereocenters. The topological polar surface area (TPSA) is 29.5 Å². The van der Waals surface area contributed by atoms with Crippen molar-refractivity contribution in [3.8, 4) is 5.75 Å². The number of rotatable bonds is 2. The third-order valence-electron chi connectivity index (χ3n) is 4.69. The van der Waals surface area contributed by atoms with Gasteiger partial charge in [0.05, 0.1) is 13.2 Å². The fourth-order valence-electron chi connectivity index (χ4n) is 3.68. The van der Waals surface area contributed by atoms with E-state index >= 15 is 0 Å². The van der Waals surface area contributed by atoms with E-state index in [1.807, 2.05) is 29.2 Å². The van der Waals surface area contributed by atoms with Crippen LogP contribution in [0.5, 0.6) is 5.75 Å². The maximum absolute atomic E-state index is 12.7. The average Bonchev–Trinajstić information content (AvgIpc) is 3.08. The van der Waals surface area contributed by atoms with Crippen molar-refractivity contribution >= 4 is 21.8 Å². The molecule has 112 valence electrons. The normalized spacial score (nSPS) is 19.3. The van der Waals surface area contributed by atoms with Gasteiger partial charge < -0.3 is 9.64 Å². The van der Waals surface area contributed by atoms with Gasteiger partial charge in [-0.3, -0.25) is 4.79 Å². The number of halogens is 1. The quantitative estimate of drug-likeness (QED) is 0.809. The second-order valence-electron chi connectivity index (χ2n) is 5.82. The van der Waals surface area contributed by atoms with Gasteiger partial charge in [-0.1, -0.05) is 28.1 Å². The summed E-state index contributed by atoms with van der Waals surface area (Å²) in [7, 11) is 1.71. The number of ether oxygens (including phenoxy) is 1. The Morgan fingerprint density at radius 3 is 2.95 bits per heavy atom. The number of carbonyl (C=O) groups excluding carboxylic acids is 1. The molecule has 4 heteroatoms. The predicted molar refractivity (Wildman–Crippen MR) is 88.1 cm³/mol. The minimum absolute atomic E-state index is 0.142. The number of hydrogen-bond acceptors (Lipinski definition) is 2. The third-order valence-corrected chi connectivity index (χ3v) is 5.18. The molecule has 0 fully saturated rings. The lowest BCUT2D eigenvalue weighted by Crippen LogP contribution is -2.27.